The lowest BCUT2D eigenvalue weighted by Crippen LogP contribution is -1.92. The van der Waals surface area contributed by atoms with Gasteiger partial charge >= 0.3 is 0 Å². The number of benzene rings is 5. The summed E-state index contributed by atoms with van der Waals surface area (Å²) in [5.41, 5.74) is 7.09. The van der Waals surface area contributed by atoms with Gasteiger partial charge in [0.15, 0.2) is 5.65 Å². The summed E-state index contributed by atoms with van der Waals surface area (Å²) in [5.74, 6) is 1.01. The summed E-state index contributed by atoms with van der Waals surface area (Å²) in [6, 6.07) is 41.6. The Bertz CT molecular complexity index is 2150. The molecule has 0 aliphatic rings. The maximum Gasteiger partial charge on any atom is 0.248 e. The van der Waals surface area contributed by atoms with Crippen molar-refractivity contribution in [2.75, 3.05) is 0 Å². The van der Waals surface area contributed by atoms with Crippen LogP contribution in [0.15, 0.2) is 138 Å². The van der Waals surface area contributed by atoms with E-state index >= 15 is 0 Å². The molecule has 3 aromatic heterocycles. The fraction of sp³-hybridized carbons (Fsp3) is 0. The largest absolute Gasteiger partial charge is 0.416 e. The van der Waals surface area contributed by atoms with Crippen molar-refractivity contribution in [1.82, 2.24) is 20.2 Å². The van der Waals surface area contributed by atoms with Crippen molar-refractivity contribution < 1.29 is 4.42 Å². The molecule has 0 fully saturated rings. The van der Waals surface area contributed by atoms with Crippen molar-refractivity contribution in [3.05, 3.63) is 134 Å². The highest BCUT2D eigenvalue weighted by Gasteiger charge is 2.18. The summed E-state index contributed by atoms with van der Waals surface area (Å²) in [4.78, 5) is 9.09. The summed E-state index contributed by atoms with van der Waals surface area (Å²) in [6.45, 7) is 0. The first kappa shape index (κ1) is 23.2. The fourth-order valence-electron chi connectivity index (χ4n) is 5.67. The van der Waals surface area contributed by atoms with Crippen LogP contribution in [0, 0.1) is 0 Å². The van der Waals surface area contributed by atoms with Crippen LogP contribution >= 0.6 is 0 Å². The predicted octanol–water partition coefficient (Wildman–Crippen LogP) is 8.99. The highest BCUT2D eigenvalue weighted by atomic mass is 16.4. The number of hydrogen-bond donors (Lipinski definition) is 0. The Balaban J connectivity index is 1.29. The second kappa shape index (κ2) is 9.50. The van der Waals surface area contributed by atoms with Gasteiger partial charge in [-0.15, -0.1) is 10.2 Å². The van der Waals surface area contributed by atoms with Crippen LogP contribution in [0.4, 0.5) is 0 Å². The maximum atomic E-state index is 6.00. The van der Waals surface area contributed by atoms with Crippen molar-refractivity contribution in [3.63, 3.8) is 0 Å². The molecule has 0 aliphatic carbocycles. The molecular weight excluding hydrogens is 504 g/mol. The first-order valence-electron chi connectivity index (χ1n) is 13.5. The Morgan fingerprint density at radius 2 is 0.976 bits per heavy atom. The van der Waals surface area contributed by atoms with Gasteiger partial charge in [-0.05, 0) is 80.7 Å². The van der Waals surface area contributed by atoms with Crippen LogP contribution in [-0.2, 0) is 0 Å². The van der Waals surface area contributed by atoms with Crippen molar-refractivity contribution in [2.24, 2.45) is 0 Å². The SMILES string of the molecule is c1ccc(-c2nnc(-c3ccc(-c4c5ccccc5c(-c5cnc6ncccc6c5)c5ccccc45)cc3)o2)cc1. The molecule has 0 bridgehead atoms. The minimum atomic E-state index is 0.499. The summed E-state index contributed by atoms with van der Waals surface area (Å²) in [7, 11) is 0. The molecule has 5 heteroatoms. The van der Waals surface area contributed by atoms with Crippen molar-refractivity contribution in [3.8, 4) is 45.2 Å². The van der Waals surface area contributed by atoms with Gasteiger partial charge in [-0.1, -0.05) is 78.9 Å². The number of fused-ring (bicyclic) bond motifs is 3. The highest BCUT2D eigenvalue weighted by Crippen LogP contribution is 2.44. The Morgan fingerprint density at radius 1 is 0.439 bits per heavy atom. The second-order valence-electron chi connectivity index (χ2n) is 9.97. The molecule has 8 aromatic rings. The third-order valence-corrected chi connectivity index (χ3v) is 7.54. The lowest BCUT2D eigenvalue weighted by Gasteiger charge is -2.17. The Morgan fingerprint density at radius 3 is 1.61 bits per heavy atom. The highest BCUT2D eigenvalue weighted by molar-refractivity contribution is 6.21. The molecule has 0 saturated carbocycles. The van der Waals surface area contributed by atoms with E-state index in [-0.39, 0.29) is 0 Å². The van der Waals surface area contributed by atoms with Gasteiger partial charge < -0.3 is 4.42 Å². The van der Waals surface area contributed by atoms with E-state index in [1.165, 1.54) is 32.7 Å². The number of aromatic nitrogens is 4. The van der Waals surface area contributed by atoms with Crippen LogP contribution < -0.4 is 0 Å². The molecule has 3 heterocycles. The maximum absolute atomic E-state index is 6.00. The lowest BCUT2D eigenvalue weighted by atomic mass is 9.86. The van der Waals surface area contributed by atoms with E-state index in [1.54, 1.807) is 6.20 Å². The minimum Gasteiger partial charge on any atom is -0.416 e. The molecule has 0 radical (unpaired) electrons. The van der Waals surface area contributed by atoms with Gasteiger partial charge in [0, 0.05) is 34.5 Å². The van der Waals surface area contributed by atoms with E-state index in [0.717, 1.165) is 33.3 Å². The molecule has 0 saturated heterocycles. The minimum absolute atomic E-state index is 0.499. The second-order valence-corrected chi connectivity index (χ2v) is 9.97. The fourth-order valence-corrected chi connectivity index (χ4v) is 5.67. The van der Waals surface area contributed by atoms with E-state index in [9.17, 15) is 0 Å². The molecule has 0 unspecified atom stereocenters. The monoisotopic (exact) mass is 526 g/mol. The predicted molar refractivity (Wildman–Crippen MR) is 164 cm³/mol. The van der Waals surface area contributed by atoms with E-state index in [4.69, 9.17) is 4.42 Å². The molecule has 0 aliphatic heterocycles. The quantitative estimate of drug-likeness (QED) is 0.214. The normalized spacial score (nSPS) is 11.4. The molecule has 192 valence electrons. The third-order valence-electron chi connectivity index (χ3n) is 7.54. The average Bonchev–Trinajstić information content (AvgIpc) is 3.54. The van der Waals surface area contributed by atoms with Gasteiger partial charge in [-0.2, -0.15) is 0 Å². The first-order chi connectivity index (χ1) is 20.3. The molecule has 8 rings (SSSR count). The van der Waals surface area contributed by atoms with Gasteiger partial charge in [0.25, 0.3) is 0 Å². The van der Waals surface area contributed by atoms with Gasteiger partial charge in [0.2, 0.25) is 11.8 Å². The number of rotatable bonds is 4. The zero-order valence-electron chi connectivity index (χ0n) is 21.9. The van der Waals surface area contributed by atoms with Crippen LogP contribution in [0.1, 0.15) is 0 Å². The topological polar surface area (TPSA) is 64.7 Å². The van der Waals surface area contributed by atoms with Crippen LogP contribution in [0.2, 0.25) is 0 Å². The lowest BCUT2D eigenvalue weighted by molar-refractivity contribution is 0.584. The van der Waals surface area contributed by atoms with E-state index in [0.29, 0.717) is 11.8 Å². The Labute approximate surface area is 235 Å². The molecule has 0 N–H and O–H groups in total. The summed E-state index contributed by atoms with van der Waals surface area (Å²) in [6.07, 6.45) is 3.71. The number of hydrogen-bond acceptors (Lipinski definition) is 5. The smallest absolute Gasteiger partial charge is 0.248 e. The van der Waals surface area contributed by atoms with E-state index in [1.807, 2.05) is 42.6 Å². The Hall–Kier alpha value is -5.68. The van der Waals surface area contributed by atoms with Crippen LogP contribution in [0.25, 0.3) is 77.7 Å². The van der Waals surface area contributed by atoms with Crippen molar-refractivity contribution in [2.45, 2.75) is 0 Å². The zero-order valence-corrected chi connectivity index (χ0v) is 21.9. The van der Waals surface area contributed by atoms with Crippen molar-refractivity contribution in [1.29, 1.82) is 0 Å². The molecule has 0 spiro atoms. The molecule has 5 nitrogen and oxygen atoms in total. The number of nitrogens with zero attached hydrogens (tertiary/aromatic N) is 4. The van der Waals surface area contributed by atoms with Gasteiger partial charge in [-0.3, -0.25) is 0 Å². The van der Waals surface area contributed by atoms with E-state index < -0.39 is 0 Å². The molecule has 0 atom stereocenters. The van der Waals surface area contributed by atoms with Gasteiger partial charge in [0.05, 0.1) is 0 Å². The van der Waals surface area contributed by atoms with Crippen LogP contribution in [-0.4, -0.2) is 20.2 Å². The number of pyridine rings is 2. The zero-order chi connectivity index (χ0) is 27.2. The summed E-state index contributed by atoms with van der Waals surface area (Å²) in [5, 5.41) is 14.3. The van der Waals surface area contributed by atoms with E-state index in [2.05, 4.69) is 105 Å². The summed E-state index contributed by atoms with van der Waals surface area (Å²) < 4.78 is 6.00. The third kappa shape index (κ3) is 3.95. The van der Waals surface area contributed by atoms with Crippen molar-refractivity contribution >= 4 is 32.6 Å². The van der Waals surface area contributed by atoms with Crippen LogP contribution in [0.3, 0.4) is 0 Å². The first-order valence-corrected chi connectivity index (χ1v) is 13.5. The Kier molecular flexibility index (Phi) is 5.38. The standard InChI is InChI=1S/C36H22N4O/c1-2-9-24(10-3-1)35-39-40-36(41-35)25-18-16-23(17-19-25)32-28-12-4-6-14-30(28)33(31-15-7-5-13-29(31)32)27-21-26-11-8-20-37-34(26)38-22-27/h1-22H. The summed E-state index contributed by atoms with van der Waals surface area (Å²) >= 11 is 0. The average molecular weight is 527 g/mol. The molecule has 5 aromatic carbocycles. The molecule has 41 heavy (non-hydrogen) atoms. The van der Waals surface area contributed by atoms with Gasteiger partial charge in [0.1, 0.15) is 0 Å². The van der Waals surface area contributed by atoms with Crippen LogP contribution in [0.5, 0.6) is 0 Å². The van der Waals surface area contributed by atoms with Gasteiger partial charge in [-0.25, -0.2) is 9.97 Å². The molecular formula is C36H22N4O. The molecule has 0 amide bonds.